The summed E-state index contributed by atoms with van der Waals surface area (Å²) in [7, 11) is 0. The van der Waals surface area contributed by atoms with Gasteiger partial charge in [-0.25, -0.2) is 4.39 Å². The lowest BCUT2D eigenvalue weighted by Crippen LogP contribution is -2.51. The molecule has 0 bridgehead atoms. The molecule has 2 amide bonds. The number of ether oxygens (including phenoxy) is 2. The van der Waals surface area contributed by atoms with E-state index in [4.69, 9.17) is 13.9 Å². The Bertz CT molecular complexity index is 1160. The third kappa shape index (κ3) is 5.81. The number of carbonyl (C=O) groups is 2. The van der Waals surface area contributed by atoms with Gasteiger partial charge in [-0.15, -0.1) is 0 Å². The quantitative estimate of drug-likeness (QED) is 0.486. The molecule has 4 rings (SSSR count). The standard InChI is InChI=1S/C26H27FN2O6/c1-17-7-12-22(34-17)24(25(31)28-15-18-8-10-19(27)11-9-18)29(13-4-14-30)26(32)23-16-33-20-5-2-3-6-21(20)35-23/h2-3,5-12,23-24,30H,4,13-16H2,1H3,(H,28,31)/t23-,24-/m1/s1. The minimum Gasteiger partial charge on any atom is -0.485 e. The van der Waals surface area contributed by atoms with Gasteiger partial charge in [0.05, 0.1) is 0 Å². The van der Waals surface area contributed by atoms with Gasteiger partial charge in [0.1, 0.15) is 23.9 Å². The van der Waals surface area contributed by atoms with Crippen molar-refractivity contribution in [2.45, 2.75) is 32.0 Å². The van der Waals surface area contributed by atoms with Crippen molar-refractivity contribution < 1.29 is 33.0 Å². The molecule has 0 saturated heterocycles. The van der Waals surface area contributed by atoms with E-state index < -0.39 is 24.0 Å². The van der Waals surface area contributed by atoms with Gasteiger partial charge >= 0.3 is 0 Å². The van der Waals surface area contributed by atoms with Crippen LogP contribution in [-0.2, 0) is 16.1 Å². The smallest absolute Gasteiger partial charge is 0.268 e. The van der Waals surface area contributed by atoms with E-state index in [-0.39, 0.29) is 44.3 Å². The number of halogens is 1. The summed E-state index contributed by atoms with van der Waals surface area (Å²) in [4.78, 5) is 28.4. The summed E-state index contributed by atoms with van der Waals surface area (Å²) >= 11 is 0. The van der Waals surface area contributed by atoms with Gasteiger partial charge < -0.3 is 29.2 Å². The Hall–Kier alpha value is -3.85. The summed E-state index contributed by atoms with van der Waals surface area (Å²) in [6.07, 6.45) is -0.732. The number of fused-ring (bicyclic) bond motifs is 1. The number of benzene rings is 2. The lowest BCUT2D eigenvalue weighted by molar-refractivity contribution is -0.149. The fourth-order valence-electron chi connectivity index (χ4n) is 3.85. The van der Waals surface area contributed by atoms with Gasteiger partial charge in [-0.05, 0) is 55.3 Å². The molecule has 1 aromatic heterocycles. The minimum atomic E-state index is -1.11. The molecule has 0 fully saturated rings. The van der Waals surface area contributed by atoms with E-state index in [1.165, 1.54) is 17.0 Å². The summed E-state index contributed by atoms with van der Waals surface area (Å²) < 4.78 is 30.6. The third-order valence-corrected chi connectivity index (χ3v) is 5.59. The van der Waals surface area contributed by atoms with Crippen molar-refractivity contribution in [3.8, 4) is 11.5 Å². The number of hydrogen-bond donors (Lipinski definition) is 2. The summed E-state index contributed by atoms with van der Waals surface area (Å²) in [6, 6.07) is 15.0. The number of para-hydroxylation sites is 2. The van der Waals surface area contributed by atoms with Crippen molar-refractivity contribution in [3.63, 3.8) is 0 Å². The average molecular weight is 483 g/mol. The average Bonchev–Trinajstić information content (AvgIpc) is 3.30. The van der Waals surface area contributed by atoms with E-state index >= 15 is 0 Å². The highest BCUT2D eigenvalue weighted by atomic mass is 19.1. The second-order valence-electron chi connectivity index (χ2n) is 8.17. The summed E-state index contributed by atoms with van der Waals surface area (Å²) in [5, 5.41) is 12.3. The van der Waals surface area contributed by atoms with Crippen LogP contribution < -0.4 is 14.8 Å². The first kappa shape index (κ1) is 24.3. The molecule has 0 unspecified atom stereocenters. The van der Waals surface area contributed by atoms with Crippen LogP contribution in [0.5, 0.6) is 11.5 Å². The van der Waals surface area contributed by atoms with E-state index in [0.29, 0.717) is 22.8 Å². The molecule has 1 aliphatic heterocycles. The predicted octanol–water partition coefficient (Wildman–Crippen LogP) is 3.14. The molecule has 2 aromatic carbocycles. The second kappa shape index (κ2) is 11.1. The number of carbonyl (C=O) groups excluding carboxylic acids is 2. The van der Waals surface area contributed by atoms with Crippen LogP contribution in [0, 0.1) is 12.7 Å². The highest BCUT2D eigenvalue weighted by Gasteiger charge is 2.39. The van der Waals surface area contributed by atoms with Crippen molar-refractivity contribution in [1.82, 2.24) is 10.2 Å². The lowest BCUT2D eigenvalue weighted by atomic mass is 10.1. The zero-order chi connectivity index (χ0) is 24.8. The first-order valence-corrected chi connectivity index (χ1v) is 11.3. The molecular weight excluding hydrogens is 455 g/mol. The van der Waals surface area contributed by atoms with Crippen LogP contribution in [0.2, 0.25) is 0 Å². The Balaban J connectivity index is 1.59. The number of nitrogens with one attached hydrogen (secondary N) is 1. The van der Waals surface area contributed by atoms with Crippen LogP contribution in [0.1, 0.15) is 29.5 Å². The molecule has 2 atom stereocenters. The van der Waals surface area contributed by atoms with Crippen molar-refractivity contribution in [1.29, 1.82) is 0 Å². The van der Waals surface area contributed by atoms with E-state index in [9.17, 15) is 19.1 Å². The van der Waals surface area contributed by atoms with Crippen LogP contribution in [-0.4, -0.2) is 47.7 Å². The van der Waals surface area contributed by atoms with Gasteiger partial charge in [0.15, 0.2) is 17.5 Å². The van der Waals surface area contributed by atoms with E-state index in [2.05, 4.69) is 5.32 Å². The largest absolute Gasteiger partial charge is 0.485 e. The Morgan fingerprint density at radius 3 is 2.54 bits per heavy atom. The molecule has 35 heavy (non-hydrogen) atoms. The SMILES string of the molecule is Cc1ccc([C@H](C(=O)NCc2ccc(F)cc2)N(CCCO)C(=O)[C@H]2COc3ccccc3O2)o1. The number of aliphatic hydroxyl groups excluding tert-OH is 1. The molecule has 0 spiro atoms. The van der Waals surface area contributed by atoms with E-state index in [1.807, 2.05) is 0 Å². The molecule has 0 radical (unpaired) electrons. The number of aryl methyl sites for hydroxylation is 1. The number of furan rings is 1. The fraction of sp³-hybridized carbons (Fsp3) is 0.308. The second-order valence-corrected chi connectivity index (χ2v) is 8.17. The Kier molecular flexibility index (Phi) is 7.67. The van der Waals surface area contributed by atoms with Crippen molar-refractivity contribution in [2.75, 3.05) is 19.8 Å². The maximum Gasteiger partial charge on any atom is 0.268 e. The molecule has 9 heteroatoms. The Morgan fingerprint density at radius 2 is 1.86 bits per heavy atom. The van der Waals surface area contributed by atoms with Gasteiger partial charge in [0, 0.05) is 19.7 Å². The van der Waals surface area contributed by atoms with Crippen molar-refractivity contribution in [3.05, 3.63) is 83.6 Å². The molecule has 3 aromatic rings. The van der Waals surface area contributed by atoms with Crippen LogP contribution >= 0.6 is 0 Å². The van der Waals surface area contributed by atoms with Crippen LogP contribution in [0.15, 0.2) is 65.1 Å². The highest BCUT2D eigenvalue weighted by molar-refractivity contribution is 5.90. The van der Waals surface area contributed by atoms with Crippen LogP contribution in [0.25, 0.3) is 0 Å². The molecular formula is C26H27FN2O6. The third-order valence-electron chi connectivity index (χ3n) is 5.59. The van der Waals surface area contributed by atoms with E-state index in [0.717, 1.165) is 0 Å². The monoisotopic (exact) mass is 482 g/mol. The van der Waals surface area contributed by atoms with Gasteiger partial charge in [0.2, 0.25) is 6.10 Å². The van der Waals surface area contributed by atoms with Crippen molar-refractivity contribution >= 4 is 11.8 Å². The Labute approximate surface area is 202 Å². The zero-order valence-corrected chi connectivity index (χ0v) is 19.3. The van der Waals surface area contributed by atoms with Crippen LogP contribution in [0.4, 0.5) is 4.39 Å². The maximum atomic E-state index is 13.6. The first-order chi connectivity index (χ1) is 17.0. The topological polar surface area (TPSA) is 101 Å². The predicted molar refractivity (Wildman–Crippen MR) is 124 cm³/mol. The van der Waals surface area contributed by atoms with Gasteiger partial charge in [-0.2, -0.15) is 0 Å². The van der Waals surface area contributed by atoms with Gasteiger partial charge in [-0.3, -0.25) is 9.59 Å². The maximum absolute atomic E-state index is 13.6. The molecule has 184 valence electrons. The normalized spacial score (nSPS) is 15.3. The number of aliphatic hydroxyl groups is 1. The first-order valence-electron chi connectivity index (χ1n) is 11.3. The molecule has 0 saturated carbocycles. The summed E-state index contributed by atoms with van der Waals surface area (Å²) in [5.74, 6) is 0.510. The minimum absolute atomic E-state index is 0.0213. The molecule has 2 heterocycles. The van der Waals surface area contributed by atoms with Crippen LogP contribution in [0.3, 0.4) is 0 Å². The molecule has 2 N–H and O–H groups in total. The van der Waals surface area contributed by atoms with Gasteiger partial charge in [0.25, 0.3) is 11.8 Å². The lowest BCUT2D eigenvalue weighted by Gasteiger charge is -2.34. The molecule has 8 nitrogen and oxygen atoms in total. The number of amides is 2. The highest BCUT2D eigenvalue weighted by Crippen LogP contribution is 2.32. The van der Waals surface area contributed by atoms with E-state index in [1.54, 1.807) is 55.5 Å². The summed E-state index contributed by atoms with van der Waals surface area (Å²) in [5.41, 5.74) is 0.697. The molecule has 0 aliphatic carbocycles. The number of hydrogen-bond acceptors (Lipinski definition) is 6. The fourth-order valence-corrected chi connectivity index (χ4v) is 3.85. The number of nitrogens with zero attached hydrogens (tertiary/aromatic N) is 1. The number of rotatable bonds is 9. The Morgan fingerprint density at radius 1 is 1.11 bits per heavy atom. The summed E-state index contributed by atoms with van der Waals surface area (Å²) in [6.45, 7) is 1.77. The zero-order valence-electron chi connectivity index (χ0n) is 19.3. The molecule has 1 aliphatic rings. The van der Waals surface area contributed by atoms with Crippen molar-refractivity contribution in [2.24, 2.45) is 0 Å². The van der Waals surface area contributed by atoms with Gasteiger partial charge in [-0.1, -0.05) is 24.3 Å².